The summed E-state index contributed by atoms with van der Waals surface area (Å²) in [5, 5.41) is 3.90. The average molecular weight is 407 g/mol. The molecule has 1 aromatic heterocycles. The van der Waals surface area contributed by atoms with E-state index in [4.69, 9.17) is 4.74 Å². The minimum Gasteiger partial charge on any atom is -0.497 e. The molecule has 0 aliphatic rings. The van der Waals surface area contributed by atoms with Crippen molar-refractivity contribution in [1.82, 2.24) is 4.98 Å². The van der Waals surface area contributed by atoms with Gasteiger partial charge in [0.1, 0.15) is 5.75 Å². The van der Waals surface area contributed by atoms with Gasteiger partial charge in [-0.1, -0.05) is 29.5 Å². The SMILES string of the molecule is Br.COc1cccc(C(=O)CNc2nc3c(C)c(C)ccc3s2)c1. The molecule has 6 heteroatoms. The van der Waals surface area contributed by atoms with Crippen LogP contribution >= 0.6 is 28.3 Å². The van der Waals surface area contributed by atoms with E-state index >= 15 is 0 Å². The van der Waals surface area contributed by atoms with Crippen LogP contribution in [-0.2, 0) is 0 Å². The molecule has 0 amide bonds. The van der Waals surface area contributed by atoms with Crippen LogP contribution in [0.3, 0.4) is 0 Å². The van der Waals surface area contributed by atoms with Crippen LogP contribution in [0.5, 0.6) is 5.75 Å². The first-order valence-corrected chi connectivity index (χ1v) is 8.18. The third-order valence-electron chi connectivity index (χ3n) is 3.88. The van der Waals surface area contributed by atoms with Gasteiger partial charge in [-0.2, -0.15) is 0 Å². The van der Waals surface area contributed by atoms with Crippen LogP contribution in [-0.4, -0.2) is 24.4 Å². The number of halogens is 1. The molecule has 0 spiro atoms. The van der Waals surface area contributed by atoms with Gasteiger partial charge in [0.05, 0.1) is 23.9 Å². The Morgan fingerprint density at radius 1 is 1.25 bits per heavy atom. The summed E-state index contributed by atoms with van der Waals surface area (Å²) in [4.78, 5) is 16.9. The van der Waals surface area contributed by atoms with Gasteiger partial charge < -0.3 is 10.1 Å². The first-order chi connectivity index (χ1) is 11.1. The monoisotopic (exact) mass is 406 g/mol. The molecular formula is C18H19BrN2O2S. The number of aromatic nitrogens is 1. The zero-order chi connectivity index (χ0) is 16.4. The molecule has 0 aliphatic heterocycles. The number of anilines is 1. The molecule has 0 radical (unpaired) electrons. The zero-order valence-electron chi connectivity index (χ0n) is 13.8. The molecular weight excluding hydrogens is 388 g/mol. The molecule has 0 unspecified atom stereocenters. The number of benzene rings is 2. The highest BCUT2D eigenvalue weighted by Gasteiger charge is 2.10. The molecule has 0 aliphatic carbocycles. The van der Waals surface area contributed by atoms with E-state index in [0.717, 1.165) is 15.3 Å². The lowest BCUT2D eigenvalue weighted by Gasteiger charge is -2.04. The number of ketones is 1. The van der Waals surface area contributed by atoms with Crippen LogP contribution in [0.25, 0.3) is 10.2 Å². The summed E-state index contributed by atoms with van der Waals surface area (Å²) in [6.07, 6.45) is 0. The molecule has 4 nitrogen and oxygen atoms in total. The fourth-order valence-electron chi connectivity index (χ4n) is 2.36. The molecule has 2 aromatic carbocycles. The van der Waals surface area contributed by atoms with Gasteiger partial charge in [-0.05, 0) is 43.2 Å². The molecule has 126 valence electrons. The Bertz CT molecular complexity index is 877. The Morgan fingerprint density at radius 3 is 2.79 bits per heavy atom. The lowest BCUT2D eigenvalue weighted by atomic mass is 10.1. The van der Waals surface area contributed by atoms with E-state index in [1.165, 1.54) is 11.1 Å². The predicted molar refractivity (Wildman–Crippen MR) is 105 cm³/mol. The third-order valence-corrected chi connectivity index (χ3v) is 4.85. The number of hydrogen-bond acceptors (Lipinski definition) is 5. The maximum Gasteiger partial charge on any atom is 0.184 e. The number of methoxy groups -OCH3 is 1. The number of Topliss-reactive ketones (excluding diaryl/α,β-unsaturated/α-hetero) is 1. The molecule has 0 fully saturated rings. The quantitative estimate of drug-likeness (QED) is 0.618. The van der Waals surface area contributed by atoms with Crippen LogP contribution in [0.2, 0.25) is 0 Å². The topological polar surface area (TPSA) is 51.2 Å². The fourth-order valence-corrected chi connectivity index (χ4v) is 3.28. The van der Waals surface area contributed by atoms with E-state index < -0.39 is 0 Å². The van der Waals surface area contributed by atoms with E-state index in [-0.39, 0.29) is 29.3 Å². The Morgan fingerprint density at radius 2 is 2.04 bits per heavy atom. The maximum atomic E-state index is 12.3. The summed E-state index contributed by atoms with van der Waals surface area (Å²) >= 11 is 1.57. The largest absolute Gasteiger partial charge is 0.497 e. The third kappa shape index (κ3) is 3.76. The minimum atomic E-state index is 0. The van der Waals surface area contributed by atoms with Crippen molar-refractivity contribution in [2.45, 2.75) is 13.8 Å². The second-order valence-corrected chi connectivity index (χ2v) is 6.41. The van der Waals surface area contributed by atoms with E-state index in [0.29, 0.717) is 11.3 Å². The Hall–Kier alpha value is -1.92. The molecule has 0 atom stereocenters. The predicted octanol–water partition coefficient (Wildman–Crippen LogP) is 4.79. The van der Waals surface area contributed by atoms with Crippen molar-refractivity contribution in [3.05, 3.63) is 53.1 Å². The number of carbonyl (C=O) groups is 1. The Balaban J connectivity index is 0.00000208. The van der Waals surface area contributed by atoms with Crippen LogP contribution in [0.4, 0.5) is 5.13 Å². The zero-order valence-corrected chi connectivity index (χ0v) is 16.3. The molecule has 3 rings (SSSR count). The van der Waals surface area contributed by atoms with Crippen molar-refractivity contribution >= 4 is 49.4 Å². The average Bonchev–Trinajstić information content (AvgIpc) is 3.00. The number of carbonyl (C=O) groups excluding carboxylic acids is 1. The van der Waals surface area contributed by atoms with Crippen molar-refractivity contribution in [3.63, 3.8) is 0 Å². The summed E-state index contributed by atoms with van der Waals surface area (Å²) in [7, 11) is 1.59. The van der Waals surface area contributed by atoms with Crippen molar-refractivity contribution in [2.24, 2.45) is 0 Å². The Kier molecular flexibility index (Phi) is 5.96. The lowest BCUT2D eigenvalue weighted by molar-refractivity contribution is 0.101. The second-order valence-electron chi connectivity index (χ2n) is 5.38. The molecule has 0 saturated heterocycles. The smallest absolute Gasteiger partial charge is 0.184 e. The highest BCUT2D eigenvalue weighted by molar-refractivity contribution is 8.93. The number of ether oxygens (including phenoxy) is 1. The number of rotatable bonds is 5. The number of nitrogens with zero attached hydrogens (tertiary/aromatic N) is 1. The van der Waals surface area contributed by atoms with E-state index in [9.17, 15) is 4.79 Å². The fraction of sp³-hybridized carbons (Fsp3) is 0.222. The summed E-state index contributed by atoms with van der Waals surface area (Å²) in [5.41, 5.74) is 4.05. The highest BCUT2D eigenvalue weighted by atomic mass is 79.9. The number of nitrogens with one attached hydrogen (secondary N) is 1. The Labute approximate surface area is 155 Å². The molecule has 0 bridgehead atoms. The number of thiazole rings is 1. The van der Waals surface area contributed by atoms with E-state index in [2.05, 4.69) is 36.3 Å². The summed E-state index contributed by atoms with van der Waals surface area (Å²) in [6, 6.07) is 11.3. The molecule has 24 heavy (non-hydrogen) atoms. The summed E-state index contributed by atoms with van der Waals surface area (Å²) in [6.45, 7) is 4.36. The summed E-state index contributed by atoms with van der Waals surface area (Å²) < 4.78 is 6.28. The van der Waals surface area contributed by atoms with Crippen LogP contribution in [0.15, 0.2) is 36.4 Å². The molecule has 1 heterocycles. The van der Waals surface area contributed by atoms with Gasteiger partial charge in [0.15, 0.2) is 10.9 Å². The van der Waals surface area contributed by atoms with Crippen molar-refractivity contribution in [3.8, 4) is 5.75 Å². The van der Waals surface area contributed by atoms with Gasteiger partial charge in [-0.3, -0.25) is 4.79 Å². The van der Waals surface area contributed by atoms with Gasteiger partial charge in [-0.25, -0.2) is 4.98 Å². The van der Waals surface area contributed by atoms with Crippen LogP contribution < -0.4 is 10.1 Å². The maximum absolute atomic E-state index is 12.3. The normalized spacial score (nSPS) is 10.3. The van der Waals surface area contributed by atoms with Gasteiger partial charge in [0.25, 0.3) is 0 Å². The van der Waals surface area contributed by atoms with Gasteiger partial charge in [-0.15, -0.1) is 17.0 Å². The highest BCUT2D eigenvalue weighted by Crippen LogP contribution is 2.29. The van der Waals surface area contributed by atoms with Crippen molar-refractivity contribution < 1.29 is 9.53 Å². The summed E-state index contributed by atoms with van der Waals surface area (Å²) in [5.74, 6) is 0.693. The van der Waals surface area contributed by atoms with Crippen LogP contribution in [0.1, 0.15) is 21.5 Å². The standard InChI is InChI=1S/C18H18N2O2S.BrH/c1-11-7-8-16-17(12(11)2)20-18(23-16)19-10-15(21)13-5-4-6-14(9-13)22-3;/h4-9H,10H2,1-3H3,(H,19,20);1H. The van der Waals surface area contributed by atoms with Gasteiger partial charge >= 0.3 is 0 Å². The molecule has 1 N–H and O–H groups in total. The first kappa shape index (κ1) is 18.4. The second kappa shape index (κ2) is 7.77. The van der Waals surface area contributed by atoms with Gasteiger partial charge in [0, 0.05) is 5.56 Å². The van der Waals surface area contributed by atoms with Crippen molar-refractivity contribution in [1.29, 1.82) is 0 Å². The van der Waals surface area contributed by atoms with Crippen LogP contribution in [0, 0.1) is 13.8 Å². The van der Waals surface area contributed by atoms with Gasteiger partial charge in [0.2, 0.25) is 0 Å². The lowest BCUT2D eigenvalue weighted by Crippen LogP contribution is -2.13. The minimum absolute atomic E-state index is 0. The van der Waals surface area contributed by atoms with E-state index in [1.54, 1.807) is 30.6 Å². The van der Waals surface area contributed by atoms with Crippen molar-refractivity contribution in [2.75, 3.05) is 19.0 Å². The number of fused-ring (bicyclic) bond motifs is 1. The first-order valence-electron chi connectivity index (χ1n) is 7.36. The molecule has 3 aromatic rings. The number of aryl methyl sites for hydroxylation is 2. The number of hydrogen-bond donors (Lipinski definition) is 1. The van der Waals surface area contributed by atoms with E-state index in [1.807, 2.05) is 12.1 Å². The molecule has 0 saturated carbocycles.